The van der Waals surface area contributed by atoms with Gasteiger partial charge in [-0.2, -0.15) is 0 Å². The van der Waals surface area contributed by atoms with Gasteiger partial charge in [0.1, 0.15) is 0 Å². The van der Waals surface area contributed by atoms with Crippen molar-refractivity contribution in [3.8, 4) is 0 Å². The van der Waals surface area contributed by atoms with Gasteiger partial charge in [0, 0.05) is 23.6 Å². The number of halogens is 1. The highest BCUT2D eigenvalue weighted by atomic mass is 79.9. The second-order valence-corrected chi connectivity index (χ2v) is 6.27. The van der Waals surface area contributed by atoms with Gasteiger partial charge in [0.05, 0.1) is 12.7 Å². The lowest BCUT2D eigenvalue weighted by molar-refractivity contribution is 0.0600. The zero-order chi connectivity index (χ0) is 14.0. The molecule has 0 spiro atoms. The molecule has 0 radical (unpaired) electrons. The van der Waals surface area contributed by atoms with Crippen molar-refractivity contribution in [2.75, 3.05) is 13.7 Å². The molecule has 2 rings (SSSR count). The number of methoxy groups -OCH3 is 1. The first-order valence-electron chi connectivity index (χ1n) is 6.62. The van der Waals surface area contributed by atoms with Crippen LogP contribution in [0.1, 0.15) is 36.2 Å². The smallest absolute Gasteiger partial charge is 0.337 e. The van der Waals surface area contributed by atoms with Gasteiger partial charge in [-0.25, -0.2) is 4.79 Å². The number of esters is 1. The Balaban J connectivity index is 2.11. The summed E-state index contributed by atoms with van der Waals surface area (Å²) < 4.78 is 5.70. The fourth-order valence-electron chi connectivity index (χ4n) is 2.75. The van der Waals surface area contributed by atoms with Crippen LogP contribution in [0, 0.1) is 5.92 Å². The zero-order valence-electron chi connectivity index (χ0n) is 11.6. The summed E-state index contributed by atoms with van der Waals surface area (Å²) in [4.78, 5) is 14.0. The van der Waals surface area contributed by atoms with Gasteiger partial charge in [-0.3, -0.25) is 4.90 Å². The third-order valence-electron chi connectivity index (χ3n) is 3.76. The van der Waals surface area contributed by atoms with Crippen LogP contribution in [0.3, 0.4) is 0 Å². The molecule has 104 valence electrons. The van der Waals surface area contributed by atoms with Crippen LogP contribution in [-0.4, -0.2) is 30.6 Å². The predicted molar refractivity (Wildman–Crippen MR) is 79.1 cm³/mol. The van der Waals surface area contributed by atoms with Crippen molar-refractivity contribution < 1.29 is 9.53 Å². The molecule has 1 fully saturated rings. The highest BCUT2D eigenvalue weighted by Crippen LogP contribution is 2.27. The van der Waals surface area contributed by atoms with Crippen molar-refractivity contribution >= 4 is 21.9 Å². The van der Waals surface area contributed by atoms with E-state index in [-0.39, 0.29) is 5.97 Å². The third kappa shape index (κ3) is 3.37. The molecule has 1 aliphatic heterocycles. The van der Waals surface area contributed by atoms with Crippen LogP contribution < -0.4 is 0 Å². The topological polar surface area (TPSA) is 29.5 Å². The number of hydrogen-bond acceptors (Lipinski definition) is 3. The van der Waals surface area contributed by atoms with Gasteiger partial charge in [-0.15, -0.1) is 0 Å². The average molecular weight is 326 g/mol. The minimum absolute atomic E-state index is 0.296. The van der Waals surface area contributed by atoms with E-state index in [9.17, 15) is 4.79 Å². The van der Waals surface area contributed by atoms with Gasteiger partial charge in [-0.1, -0.05) is 28.9 Å². The molecular formula is C15H20BrNO2. The minimum Gasteiger partial charge on any atom is -0.465 e. The largest absolute Gasteiger partial charge is 0.465 e. The van der Waals surface area contributed by atoms with Gasteiger partial charge in [-0.05, 0) is 37.0 Å². The fraction of sp³-hybridized carbons (Fsp3) is 0.533. The van der Waals surface area contributed by atoms with Gasteiger partial charge in [0.25, 0.3) is 0 Å². The Hall–Kier alpha value is -0.870. The lowest BCUT2D eigenvalue weighted by Gasteiger charge is -2.21. The van der Waals surface area contributed by atoms with E-state index in [1.807, 2.05) is 18.2 Å². The van der Waals surface area contributed by atoms with E-state index in [4.69, 9.17) is 4.74 Å². The molecule has 1 saturated heterocycles. The number of likely N-dealkylation sites (tertiary alicyclic amines) is 1. The van der Waals surface area contributed by atoms with Gasteiger partial charge >= 0.3 is 5.97 Å². The highest BCUT2D eigenvalue weighted by molar-refractivity contribution is 9.10. The van der Waals surface area contributed by atoms with E-state index in [2.05, 4.69) is 34.7 Å². The second-order valence-electron chi connectivity index (χ2n) is 5.42. The summed E-state index contributed by atoms with van der Waals surface area (Å²) in [5.41, 5.74) is 1.80. The van der Waals surface area contributed by atoms with Crippen LogP contribution in [0.5, 0.6) is 0 Å². The van der Waals surface area contributed by atoms with Crippen molar-refractivity contribution in [2.45, 2.75) is 32.9 Å². The van der Waals surface area contributed by atoms with Crippen molar-refractivity contribution in [2.24, 2.45) is 5.92 Å². The number of hydrogen-bond donors (Lipinski definition) is 0. The molecule has 2 unspecified atom stereocenters. The number of rotatable bonds is 3. The molecule has 0 amide bonds. The lowest BCUT2D eigenvalue weighted by atomic mass is 10.1. The Labute approximate surface area is 123 Å². The monoisotopic (exact) mass is 325 g/mol. The molecule has 1 aliphatic rings. The van der Waals surface area contributed by atoms with Crippen LogP contribution >= 0.6 is 15.9 Å². The summed E-state index contributed by atoms with van der Waals surface area (Å²) >= 11 is 3.55. The molecule has 0 bridgehead atoms. The highest BCUT2D eigenvalue weighted by Gasteiger charge is 2.26. The molecular weight excluding hydrogens is 306 g/mol. The normalized spacial score (nSPS) is 23.6. The zero-order valence-corrected chi connectivity index (χ0v) is 13.2. The van der Waals surface area contributed by atoms with Crippen LogP contribution in [0.2, 0.25) is 0 Å². The Morgan fingerprint density at radius 1 is 1.47 bits per heavy atom. The van der Waals surface area contributed by atoms with E-state index in [0.717, 1.165) is 23.5 Å². The Kier molecular flexibility index (Phi) is 4.63. The Morgan fingerprint density at radius 3 is 2.74 bits per heavy atom. The van der Waals surface area contributed by atoms with E-state index in [1.165, 1.54) is 19.1 Å². The first-order valence-corrected chi connectivity index (χ1v) is 7.41. The Bertz CT molecular complexity index is 475. The van der Waals surface area contributed by atoms with Gasteiger partial charge in [0.2, 0.25) is 0 Å². The summed E-state index contributed by atoms with van der Waals surface area (Å²) in [5.74, 6) is 0.471. The molecule has 0 saturated carbocycles. The summed E-state index contributed by atoms with van der Waals surface area (Å²) in [6.07, 6.45) is 1.26. The summed E-state index contributed by atoms with van der Waals surface area (Å²) in [6, 6.07) is 6.30. The molecule has 19 heavy (non-hydrogen) atoms. The quantitative estimate of drug-likeness (QED) is 0.797. The third-order valence-corrected chi connectivity index (χ3v) is 4.50. The van der Waals surface area contributed by atoms with E-state index < -0.39 is 0 Å². The molecule has 0 N–H and O–H groups in total. The molecule has 1 aromatic carbocycles. The maximum Gasteiger partial charge on any atom is 0.337 e. The molecule has 1 heterocycles. The second kappa shape index (κ2) is 6.06. The van der Waals surface area contributed by atoms with Crippen LogP contribution in [0.15, 0.2) is 22.7 Å². The number of carbonyl (C=O) groups excluding carboxylic acids is 1. The SMILES string of the molecule is COC(=O)c1ccc(CN2CC(C)CC2C)c(Br)c1. The van der Waals surface area contributed by atoms with Crippen LogP contribution in [0.25, 0.3) is 0 Å². The number of benzene rings is 1. The first kappa shape index (κ1) is 14.5. The summed E-state index contributed by atoms with van der Waals surface area (Å²) in [7, 11) is 1.40. The summed E-state index contributed by atoms with van der Waals surface area (Å²) in [6.45, 7) is 6.64. The molecule has 2 atom stereocenters. The maximum atomic E-state index is 11.5. The van der Waals surface area contributed by atoms with Crippen molar-refractivity contribution in [3.05, 3.63) is 33.8 Å². The van der Waals surface area contributed by atoms with E-state index in [0.29, 0.717) is 11.6 Å². The standard InChI is InChI=1S/C15H20BrNO2/c1-10-6-11(2)17(8-10)9-13-5-4-12(7-14(13)16)15(18)19-3/h4-5,7,10-11H,6,8-9H2,1-3H3. The molecule has 3 nitrogen and oxygen atoms in total. The van der Waals surface area contributed by atoms with Crippen molar-refractivity contribution in [1.29, 1.82) is 0 Å². The predicted octanol–water partition coefficient (Wildman–Crippen LogP) is 3.47. The first-order chi connectivity index (χ1) is 9.01. The van der Waals surface area contributed by atoms with Crippen molar-refractivity contribution in [3.63, 3.8) is 0 Å². The number of carbonyl (C=O) groups is 1. The number of ether oxygens (including phenoxy) is 1. The number of nitrogens with zero attached hydrogens (tertiary/aromatic N) is 1. The maximum absolute atomic E-state index is 11.5. The average Bonchev–Trinajstić information content (AvgIpc) is 2.69. The lowest BCUT2D eigenvalue weighted by Crippen LogP contribution is -2.26. The van der Waals surface area contributed by atoms with E-state index in [1.54, 1.807) is 0 Å². The van der Waals surface area contributed by atoms with E-state index >= 15 is 0 Å². The fourth-order valence-corrected chi connectivity index (χ4v) is 3.25. The van der Waals surface area contributed by atoms with Gasteiger partial charge < -0.3 is 4.74 Å². The van der Waals surface area contributed by atoms with Gasteiger partial charge in [0.15, 0.2) is 0 Å². The minimum atomic E-state index is -0.296. The molecule has 4 heteroatoms. The summed E-state index contributed by atoms with van der Waals surface area (Å²) in [5, 5.41) is 0. The van der Waals surface area contributed by atoms with Crippen LogP contribution in [0.4, 0.5) is 0 Å². The van der Waals surface area contributed by atoms with Crippen LogP contribution in [-0.2, 0) is 11.3 Å². The molecule has 0 aliphatic carbocycles. The Morgan fingerprint density at radius 2 is 2.21 bits per heavy atom. The molecule has 0 aromatic heterocycles. The molecule has 1 aromatic rings. The van der Waals surface area contributed by atoms with Crippen molar-refractivity contribution in [1.82, 2.24) is 4.90 Å².